The molecule has 0 atom stereocenters. The van der Waals surface area contributed by atoms with Crippen molar-refractivity contribution in [2.45, 2.75) is 110 Å². The third-order valence-corrected chi connectivity index (χ3v) is 8.71. The maximum absolute atomic E-state index is 13.3. The number of carbonyl (C=O) groups is 1. The SMILES string of the molecule is CCCCCCCCCCCCCCCCCCOC(=O)c1ccccc1-c1c2ccc(=O)cc-2oc2cc(O)c(Cl)cc12. The van der Waals surface area contributed by atoms with E-state index in [1.54, 1.807) is 24.3 Å². The second kappa shape index (κ2) is 17.9. The molecule has 6 heteroatoms. The smallest absolute Gasteiger partial charge is 0.338 e. The molecular weight excluding hydrogens is 572 g/mol. The number of phenolic OH excluding ortho intramolecular Hbond substituents is 1. The first kappa shape index (κ1) is 33.6. The van der Waals surface area contributed by atoms with Crippen LogP contribution in [0.25, 0.3) is 33.4 Å². The van der Waals surface area contributed by atoms with Crippen molar-refractivity contribution in [3.63, 3.8) is 0 Å². The average molecular weight is 619 g/mol. The van der Waals surface area contributed by atoms with Crippen molar-refractivity contribution in [2.75, 3.05) is 6.61 Å². The van der Waals surface area contributed by atoms with E-state index in [9.17, 15) is 14.7 Å². The van der Waals surface area contributed by atoms with Gasteiger partial charge in [0.2, 0.25) is 0 Å². The molecule has 4 rings (SSSR count). The lowest BCUT2D eigenvalue weighted by Gasteiger charge is -2.17. The van der Waals surface area contributed by atoms with Gasteiger partial charge in [-0.3, -0.25) is 4.79 Å². The molecule has 0 spiro atoms. The lowest BCUT2D eigenvalue weighted by molar-refractivity contribution is 0.0498. The summed E-state index contributed by atoms with van der Waals surface area (Å²) >= 11 is 6.28. The van der Waals surface area contributed by atoms with Crippen LogP contribution in [0.2, 0.25) is 5.02 Å². The van der Waals surface area contributed by atoms with Crippen molar-refractivity contribution in [1.82, 2.24) is 0 Å². The summed E-state index contributed by atoms with van der Waals surface area (Å²) in [6.07, 6.45) is 20.7. The van der Waals surface area contributed by atoms with Gasteiger partial charge in [-0.15, -0.1) is 0 Å². The van der Waals surface area contributed by atoms with Gasteiger partial charge in [0, 0.05) is 28.6 Å². The number of ether oxygens (including phenoxy) is 1. The molecule has 0 unspecified atom stereocenters. The molecule has 0 saturated heterocycles. The highest BCUT2D eigenvalue weighted by molar-refractivity contribution is 6.33. The highest BCUT2D eigenvalue weighted by Crippen LogP contribution is 2.43. The number of aromatic hydroxyl groups is 1. The van der Waals surface area contributed by atoms with Crippen LogP contribution in [0.4, 0.5) is 0 Å². The Labute approximate surface area is 266 Å². The summed E-state index contributed by atoms with van der Waals surface area (Å²) in [5, 5.41) is 11.0. The van der Waals surface area contributed by atoms with Gasteiger partial charge in [-0.25, -0.2) is 4.79 Å². The van der Waals surface area contributed by atoms with Gasteiger partial charge in [0.05, 0.1) is 17.2 Å². The fourth-order valence-electron chi connectivity index (χ4n) is 5.94. The summed E-state index contributed by atoms with van der Waals surface area (Å²) in [6.45, 7) is 2.64. The molecule has 0 radical (unpaired) electrons. The molecule has 1 aliphatic carbocycles. The van der Waals surface area contributed by atoms with Crippen molar-refractivity contribution in [3.8, 4) is 28.2 Å². The monoisotopic (exact) mass is 618 g/mol. The largest absolute Gasteiger partial charge is 0.506 e. The minimum Gasteiger partial charge on any atom is -0.506 e. The van der Waals surface area contributed by atoms with E-state index in [2.05, 4.69) is 6.92 Å². The van der Waals surface area contributed by atoms with Crippen LogP contribution in [-0.2, 0) is 4.74 Å². The Morgan fingerprint density at radius 2 is 1.34 bits per heavy atom. The molecule has 236 valence electrons. The second-order valence-corrected chi connectivity index (χ2v) is 12.3. The molecule has 2 aliphatic rings. The maximum atomic E-state index is 13.3. The van der Waals surface area contributed by atoms with Crippen LogP contribution in [0.5, 0.6) is 5.75 Å². The zero-order valence-electron chi connectivity index (χ0n) is 26.2. The van der Waals surface area contributed by atoms with E-state index in [4.69, 9.17) is 20.8 Å². The molecule has 0 aromatic heterocycles. The Balaban J connectivity index is 1.24. The summed E-state index contributed by atoms with van der Waals surface area (Å²) in [4.78, 5) is 25.4. The standard InChI is InChI=1S/C38H47ClO5/c1-2-3-4-5-6-7-8-9-10-11-12-13-14-15-16-19-24-43-38(42)30-21-18-17-20-29(30)37-31-23-22-28(40)25-35(31)44-36-27-34(41)33(39)26-32(36)37/h17-18,20-23,25-27,41H,2-16,19,24H2,1H3. The van der Waals surface area contributed by atoms with Crippen molar-refractivity contribution in [2.24, 2.45) is 0 Å². The summed E-state index contributed by atoms with van der Waals surface area (Å²) in [5.74, 6) is -0.162. The van der Waals surface area contributed by atoms with Crippen LogP contribution in [0.1, 0.15) is 120 Å². The average Bonchev–Trinajstić information content (AvgIpc) is 3.02. The van der Waals surface area contributed by atoms with Gasteiger partial charge < -0.3 is 14.3 Å². The number of esters is 1. The summed E-state index contributed by atoms with van der Waals surface area (Å²) in [5.41, 5.74) is 2.59. The number of hydrogen-bond donors (Lipinski definition) is 1. The molecule has 2 aromatic carbocycles. The first-order chi connectivity index (χ1) is 21.5. The molecule has 2 aromatic rings. The Morgan fingerprint density at radius 3 is 1.98 bits per heavy atom. The number of fused-ring (bicyclic) bond motifs is 2. The molecule has 1 aliphatic heterocycles. The van der Waals surface area contributed by atoms with Gasteiger partial charge in [-0.05, 0) is 36.2 Å². The topological polar surface area (TPSA) is 76.7 Å². The van der Waals surface area contributed by atoms with E-state index in [0.717, 1.165) is 19.3 Å². The van der Waals surface area contributed by atoms with Gasteiger partial charge in [-0.2, -0.15) is 0 Å². The van der Waals surface area contributed by atoms with Crippen LogP contribution in [-0.4, -0.2) is 17.7 Å². The number of carbonyl (C=O) groups excluding carboxylic acids is 1. The molecule has 44 heavy (non-hydrogen) atoms. The minimum absolute atomic E-state index is 0.127. The Bertz CT molecular complexity index is 1510. The number of halogens is 1. The predicted octanol–water partition coefficient (Wildman–Crippen LogP) is 11.3. The number of rotatable bonds is 19. The fraction of sp³-hybridized carbons (Fsp3) is 0.474. The van der Waals surface area contributed by atoms with Crippen LogP contribution in [0, 0.1) is 0 Å². The second-order valence-electron chi connectivity index (χ2n) is 11.9. The Hall–Kier alpha value is -3.31. The lowest BCUT2D eigenvalue weighted by atomic mass is 9.91. The molecule has 1 heterocycles. The number of unbranched alkanes of at least 4 members (excludes halogenated alkanes) is 15. The van der Waals surface area contributed by atoms with E-state index in [1.165, 1.54) is 102 Å². The van der Waals surface area contributed by atoms with Crippen LogP contribution >= 0.6 is 11.6 Å². The van der Waals surface area contributed by atoms with Crippen LogP contribution in [0.3, 0.4) is 0 Å². The summed E-state index contributed by atoms with van der Waals surface area (Å²) < 4.78 is 11.7. The van der Waals surface area contributed by atoms with Crippen LogP contribution < -0.4 is 5.43 Å². The zero-order chi connectivity index (χ0) is 31.1. The molecule has 5 nitrogen and oxygen atoms in total. The van der Waals surface area contributed by atoms with Crippen LogP contribution in [0.15, 0.2) is 63.8 Å². The molecule has 0 bridgehead atoms. The zero-order valence-corrected chi connectivity index (χ0v) is 26.9. The van der Waals surface area contributed by atoms with Crippen molar-refractivity contribution < 1.29 is 19.1 Å². The Kier molecular flexibility index (Phi) is 13.6. The number of phenols is 1. The first-order valence-electron chi connectivity index (χ1n) is 16.6. The van der Waals surface area contributed by atoms with Crippen molar-refractivity contribution in [3.05, 3.63) is 75.4 Å². The van der Waals surface area contributed by atoms with Gasteiger partial charge in [0.25, 0.3) is 0 Å². The van der Waals surface area contributed by atoms with Gasteiger partial charge >= 0.3 is 5.97 Å². The predicted molar refractivity (Wildman–Crippen MR) is 181 cm³/mol. The third-order valence-electron chi connectivity index (χ3n) is 8.41. The van der Waals surface area contributed by atoms with Gasteiger partial charge in [0.15, 0.2) is 5.43 Å². The number of benzene rings is 3. The van der Waals surface area contributed by atoms with E-state index in [1.807, 2.05) is 12.1 Å². The van der Waals surface area contributed by atoms with Gasteiger partial charge in [0.1, 0.15) is 17.1 Å². The highest BCUT2D eigenvalue weighted by Gasteiger charge is 2.23. The molecule has 0 saturated carbocycles. The van der Waals surface area contributed by atoms with E-state index in [0.29, 0.717) is 45.6 Å². The van der Waals surface area contributed by atoms with Gasteiger partial charge in [-0.1, -0.05) is 133 Å². The van der Waals surface area contributed by atoms with E-state index >= 15 is 0 Å². The molecule has 1 N–H and O–H groups in total. The molecular formula is C38H47ClO5. The third kappa shape index (κ3) is 9.59. The lowest BCUT2D eigenvalue weighted by Crippen LogP contribution is -2.09. The quantitative estimate of drug-likeness (QED) is 0.0642. The van der Waals surface area contributed by atoms with Crippen molar-refractivity contribution in [1.29, 1.82) is 0 Å². The normalized spacial score (nSPS) is 11.4. The number of hydrogen-bond acceptors (Lipinski definition) is 5. The fourth-order valence-corrected chi connectivity index (χ4v) is 6.11. The Morgan fingerprint density at radius 1 is 0.750 bits per heavy atom. The van der Waals surface area contributed by atoms with Crippen molar-refractivity contribution >= 4 is 28.5 Å². The molecule has 0 fully saturated rings. The highest BCUT2D eigenvalue weighted by atomic mass is 35.5. The molecule has 0 amide bonds. The minimum atomic E-state index is -0.394. The first-order valence-corrected chi connectivity index (χ1v) is 17.0. The van der Waals surface area contributed by atoms with E-state index in [-0.39, 0.29) is 16.2 Å². The maximum Gasteiger partial charge on any atom is 0.338 e. The summed E-state index contributed by atoms with van der Waals surface area (Å²) in [6, 6.07) is 14.9. The van der Waals surface area contributed by atoms with E-state index < -0.39 is 5.97 Å². The summed E-state index contributed by atoms with van der Waals surface area (Å²) in [7, 11) is 0.